The van der Waals surface area contributed by atoms with Crippen molar-refractivity contribution in [3.8, 4) is 0 Å². The minimum atomic E-state index is -4.02. The molecule has 1 aliphatic heterocycles. The molecule has 18 heavy (non-hydrogen) atoms. The predicted octanol–water partition coefficient (Wildman–Crippen LogP) is -0.896. The zero-order valence-corrected chi connectivity index (χ0v) is 10.9. The summed E-state index contributed by atoms with van der Waals surface area (Å²) in [6.07, 6.45) is 1.76. The Hall–Kier alpha value is -1.67. The SMILES string of the molecule is CN(C)C(=O)C1Cc2cccnc2N1S(N)(=O)=O. The number of nitrogens with zero attached hydrogens (tertiary/aromatic N) is 3. The number of fused-ring (bicyclic) bond motifs is 1. The molecule has 8 heteroatoms. The number of carbonyl (C=O) groups is 1. The van der Waals surface area contributed by atoms with Gasteiger partial charge in [0, 0.05) is 26.7 Å². The van der Waals surface area contributed by atoms with E-state index in [1.54, 1.807) is 26.2 Å². The Morgan fingerprint density at radius 1 is 1.56 bits per heavy atom. The molecule has 0 bridgehead atoms. The van der Waals surface area contributed by atoms with Gasteiger partial charge in [-0.3, -0.25) is 4.79 Å². The van der Waals surface area contributed by atoms with E-state index >= 15 is 0 Å². The number of amides is 1. The highest BCUT2D eigenvalue weighted by atomic mass is 32.2. The van der Waals surface area contributed by atoms with Crippen LogP contribution < -0.4 is 9.44 Å². The van der Waals surface area contributed by atoms with Crippen LogP contribution in [0.4, 0.5) is 5.82 Å². The Labute approximate surface area is 105 Å². The maximum absolute atomic E-state index is 12.0. The summed E-state index contributed by atoms with van der Waals surface area (Å²) < 4.78 is 24.1. The molecule has 2 heterocycles. The molecular weight excluding hydrogens is 256 g/mol. The van der Waals surface area contributed by atoms with E-state index in [0.717, 1.165) is 4.31 Å². The lowest BCUT2D eigenvalue weighted by atomic mass is 10.1. The van der Waals surface area contributed by atoms with Gasteiger partial charge in [-0.1, -0.05) is 6.07 Å². The first-order chi connectivity index (χ1) is 8.32. The molecule has 1 atom stereocenters. The molecule has 98 valence electrons. The van der Waals surface area contributed by atoms with Gasteiger partial charge in [0.2, 0.25) is 5.91 Å². The molecule has 1 aliphatic rings. The average Bonchev–Trinajstić information content (AvgIpc) is 2.66. The molecule has 0 aromatic carbocycles. The first-order valence-electron chi connectivity index (χ1n) is 5.29. The lowest BCUT2D eigenvalue weighted by Crippen LogP contribution is -2.50. The predicted molar refractivity (Wildman–Crippen MR) is 66.0 cm³/mol. The van der Waals surface area contributed by atoms with Crippen molar-refractivity contribution in [3.05, 3.63) is 23.9 Å². The third-order valence-electron chi connectivity index (χ3n) is 2.77. The molecule has 0 aliphatic carbocycles. The maximum Gasteiger partial charge on any atom is 0.300 e. The Bertz CT molecular complexity index is 585. The molecule has 1 aromatic rings. The second kappa shape index (κ2) is 4.21. The van der Waals surface area contributed by atoms with Crippen molar-refractivity contribution in [2.45, 2.75) is 12.5 Å². The van der Waals surface area contributed by atoms with Gasteiger partial charge in [0.25, 0.3) is 0 Å². The molecular formula is C10H14N4O3S. The number of hydrogen-bond acceptors (Lipinski definition) is 4. The molecule has 2 N–H and O–H groups in total. The average molecular weight is 270 g/mol. The molecule has 7 nitrogen and oxygen atoms in total. The third kappa shape index (κ3) is 2.04. The number of pyridine rings is 1. The van der Waals surface area contributed by atoms with Crippen LogP contribution in [0.5, 0.6) is 0 Å². The molecule has 1 amide bonds. The molecule has 0 spiro atoms. The number of rotatable bonds is 2. The van der Waals surface area contributed by atoms with Crippen LogP contribution in [0.1, 0.15) is 5.56 Å². The zero-order chi connectivity index (χ0) is 13.5. The lowest BCUT2D eigenvalue weighted by Gasteiger charge is -2.25. The first-order valence-corrected chi connectivity index (χ1v) is 6.80. The molecule has 0 radical (unpaired) electrons. The van der Waals surface area contributed by atoms with Crippen LogP contribution in [-0.4, -0.2) is 44.3 Å². The van der Waals surface area contributed by atoms with Gasteiger partial charge in [0.15, 0.2) is 0 Å². The number of hydrogen-bond donors (Lipinski definition) is 1. The highest BCUT2D eigenvalue weighted by Crippen LogP contribution is 2.31. The van der Waals surface area contributed by atoms with Crippen molar-refractivity contribution in [2.75, 3.05) is 18.4 Å². The van der Waals surface area contributed by atoms with E-state index in [-0.39, 0.29) is 18.1 Å². The van der Waals surface area contributed by atoms with E-state index in [0.29, 0.717) is 5.56 Å². The van der Waals surface area contributed by atoms with Gasteiger partial charge in [-0.2, -0.15) is 8.42 Å². The minimum Gasteiger partial charge on any atom is -0.347 e. The fourth-order valence-corrected chi connectivity index (χ4v) is 2.94. The number of likely N-dealkylation sites (N-methyl/N-ethyl adjacent to an activating group) is 1. The van der Waals surface area contributed by atoms with Gasteiger partial charge in [-0.15, -0.1) is 0 Å². The molecule has 0 saturated heterocycles. The van der Waals surface area contributed by atoms with Crippen molar-refractivity contribution < 1.29 is 13.2 Å². The van der Waals surface area contributed by atoms with E-state index in [4.69, 9.17) is 5.14 Å². The van der Waals surface area contributed by atoms with E-state index < -0.39 is 16.3 Å². The smallest absolute Gasteiger partial charge is 0.300 e. The van der Waals surface area contributed by atoms with E-state index in [1.165, 1.54) is 11.1 Å². The van der Waals surface area contributed by atoms with Gasteiger partial charge in [0.05, 0.1) is 0 Å². The Kier molecular flexibility index (Phi) is 2.99. The fraction of sp³-hybridized carbons (Fsp3) is 0.400. The summed E-state index contributed by atoms with van der Waals surface area (Å²) in [7, 11) is -0.881. The zero-order valence-electron chi connectivity index (χ0n) is 10.1. The van der Waals surface area contributed by atoms with Crippen molar-refractivity contribution in [1.29, 1.82) is 0 Å². The number of carbonyl (C=O) groups excluding carboxylic acids is 1. The number of nitrogens with two attached hydrogens (primary N) is 1. The standard InChI is InChI=1S/C10H14N4O3S/c1-13(2)10(15)8-6-7-4-3-5-12-9(7)14(8)18(11,16)17/h3-5,8H,6H2,1-2H3,(H2,11,16,17). The van der Waals surface area contributed by atoms with Gasteiger partial charge in [0.1, 0.15) is 11.9 Å². The fourth-order valence-electron chi connectivity index (χ4n) is 2.01. The van der Waals surface area contributed by atoms with Crippen molar-refractivity contribution >= 4 is 21.9 Å². The summed E-state index contributed by atoms with van der Waals surface area (Å²) in [5.41, 5.74) is 0.701. The largest absolute Gasteiger partial charge is 0.347 e. The van der Waals surface area contributed by atoms with Gasteiger partial charge >= 0.3 is 10.2 Å². The number of aromatic nitrogens is 1. The lowest BCUT2D eigenvalue weighted by molar-refractivity contribution is -0.129. The highest BCUT2D eigenvalue weighted by Gasteiger charge is 2.41. The first kappa shape index (κ1) is 12.8. The van der Waals surface area contributed by atoms with E-state index in [9.17, 15) is 13.2 Å². The number of anilines is 1. The van der Waals surface area contributed by atoms with Crippen LogP contribution in [0.25, 0.3) is 0 Å². The summed E-state index contributed by atoms with van der Waals surface area (Å²) in [6.45, 7) is 0. The van der Waals surface area contributed by atoms with Crippen LogP contribution >= 0.6 is 0 Å². The van der Waals surface area contributed by atoms with Crippen molar-refractivity contribution in [1.82, 2.24) is 9.88 Å². The van der Waals surface area contributed by atoms with Crippen LogP contribution in [0.15, 0.2) is 18.3 Å². The van der Waals surface area contributed by atoms with E-state index in [1.807, 2.05) is 0 Å². The topological polar surface area (TPSA) is 96.6 Å². The third-order valence-corrected chi connectivity index (χ3v) is 3.75. The molecule has 1 aromatic heterocycles. The van der Waals surface area contributed by atoms with E-state index in [2.05, 4.69) is 4.98 Å². The summed E-state index contributed by atoms with van der Waals surface area (Å²) in [5.74, 6) is -0.0813. The van der Waals surface area contributed by atoms with Gasteiger partial charge in [-0.25, -0.2) is 14.4 Å². The molecule has 2 rings (SSSR count). The normalized spacial score (nSPS) is 18.6. The Morgan fingerprint density at radius 3 is 2.78 bits per heavy atom. The molecule has 0 saturated carbocycles. The molecule has 0 fully saturated rings. The summed E-state index contributed by atoms with van der Waals surface area (Å²) in [4.78, 5) is 17.3. The second-order valence-electron chi connectivity index (χ2n) is 4.28. The van der Waals surface area contributed by atoms with Crippen LogP contribution in [0, 0.1) is 0 Å². The van der Waals surface area contributed by atoms with Crippen LogP contribution in [0.2, 0.25) is 0 Å². The summed E-state index contributed by atoms with van der Waals surface area (Å²) >= 11 is 0. The highest BCUT2D eigenvalue weighted by molar-refractivity contribution is 7.90. The van der Waals surface area contributed by atoms with Gasteiger partial charge < -0.3 is 4.90 Å². The molecule has 1 unspecified atom stereocenters. The van der Waals surface area contributed by atoms with Crippen molar-refractivity contribution in [3.63, 3.8) is 0 Å². The second-order valence-corrected chi connectivity index (χ2v) is 5.70. The summed E-state index contributed by atoms with van der Waals surface area (Å²) in [5, 5.41) is 5.17. The summed E-state index contributed by atoms with van der Waals surface area (Å²) in [6, 6.07) is 2.59. The van der Waals surface area contributed by atoms with Crippen LogP contribution in [-0.2, 0) is 21.4 Å². The maximum atomic E-state index is 12.0. The monoisotopic (exact) mass is 270 g/mol. The van der Waals surface area contributed by atoms with Gasteiger partial charge in [-0.05, 0) is 11.6 Å². The van der Waals surface area contributed by atoms with Crippen LogP contribution in [0.3, 0.4) is 0 Å². The Balaban J connectivity index is 2.50. The Morgan fingerprint density at radius 2 is 2.22 bits per heavy atom. The van der Waals surface area contributed by atoms with Crippen molar-refractivity contribution in [2.24, 2.45) is 5.14 Å². The minimum absolute atomic E-state index is 0.236. The quantitative estimate of drug-likeness (QED) is 0.753.